The van der Waals surface area contributed by atoms with Gasteiger partial charge in [0, 0.05) is 34.8 Å². The molecule has 0 fully saturated rings. The fraction of sp³-hybridized carbons (Fsp3) is 0.136. The number of aromatic nitrogens is 3. The van der Waals surface area contributed by atoms with E-state index in [4.69, 9.17) is 11.6 Å². The molecule has 2 aromatic carbocycles. The molecule has 0 aliphatic carbocycles. The smallest absolute Gasteiger partial charge is 0.221 e. The van der Waals surface area contributed by atoms with Crippen molar-refractivity contribution in [2.75, 3.05) is 5.75 Å². The SMILES string of the molecule is O=C(CCSc1ccc(Cl)cc1)NCc1ccc(-n2cnc3ccccc32)nc1. The maximum atomic E-state index is 12.1. The molecular formula is C22H19ClN4OS. The van der Waals surface area contributed by atoms with Gasteiger partial charge in [0.2, 0.25) is 5.91 Å². The summed E-state index contributed by atoms with van der Waals surface area (Å²) in [6.07, 6.45) is 4.01. The van der Waals surface area contributed by atoms with Crippen molar-refractivity contribution in [2.24, 2.45) is 0 Å². The van der Waals surface area contributed by atoms with E-state index in [9.17, 15) is 4.79 Å². The molecule has 4 rings (SSSR count). The van der Waals surface area contributed by atoms with Crippen LogP contribution in [0.1, 0.15) is 12.0 Å². The Hall–Kier alpha value is -2.83. The number of pyridine rings is 1. The van der Waals surface area contributed by atoms with Gasteiger partial charge < -0.3 is 5.32 Å². The molecule has 0 spiro atoms. The standard InChI is InChI=1S/C22H19ClN4OS/c23-17-6-8-18(9-7-17)29-12-11-22(28)25-14-16-5-10-21(24-13-16)27-15-26-19-3-1-2-4-20(19)27/h1-10,13,15H,11-12,14H2,(H,25,28). The van der Waals surface area contributed by atoms with E-state index in [-0.39, 0.29) is 5.91 Å². The number of carbonyl (C=O) groups excluding carboxylic acids is 1. The van der Waals surface area contributed by atoms with Crippen LogP contribution in [0.3, 0.4) is 0 Å². The molecule has 0 atom stereocenters. The number of benzene rings is 2. The van der Waals surface area contributed by atoms with Crippen LogP contribution in [0.25, 0.3) is 16.9 Å². The van der Waals surface area contributed by atoms with Crippen LogP contribution in [0, 0.1) is 0 Å². The Morgan fingerprint density at radius 3 is 2.66 bits per heavy atom. The predicted molar refractivity (Wildman–Crippen MR) is 118 cm³/mol. The van der Waals surface area contributed by atoms with Crippen LogP contribution in [0.5, 0.6) is 0 Å². The largest absolute Gasteiger partial charge is 0.352 e. The summed E-state index contributed by atoms with van der Waals surface area (Å²) < 4.78 is 1.95. The minimum Gasteiger partial charge on any atom is -0.352 e. The van der Waals surface area contributed by atoms with Gasteiger partial charge in [0.25, 0.3) is 0 Å². The topological polar surface area (TPSA) is 59.8 Å². The number of fused-ring (bicyclic) bond motifs is 1. The van der Waals surface area contributed by atoms with Crippen LogP contribution >= 0.6 is 23.4 Å². The first-order valence-electron chi connectivity index (χ1n) is 9.21. The van der Waals surface area contributed by atoms with Crippen LogP contribution < -0.4 is 5.32 Å². The van der Waals surface area contributed by atoms with Crippen molar-refractivity contribution in [3.05, 3.63) is 83.8 Å². The number of nitrogens with zero attached hydrogens (tertiary/aromatic N) is 3. The quantitative estimate of drug-likeness (QED) is 0.431. The normalized spacial score (nSPS) is 10.9. The lowest BCUT2D eigenvalue weighted by atomic mass is 10.2. The summed E-state index contributed by atoms with van der Waals surface area (Å²) in [7, 11) is 0. The van der Waals surface area contributed by atoms with Gasteiger partial charge in [-0.2, -0.15) is 0 Å². The van der Waals surface area contributed by atoms with Crippen LogP contribution in [-0.4, -0.2) is 26.2 Å². The number of hydrogen-bond donors (Lipinski definition) is 1. The van der Waals surface area contributed by atoms with Crippen molar-refractivity contribution in [1.82, 2.24) is 19.9 Å². The highest BCUT2D eigenvalue weighted by Gasteiger charge is 2.06. The third-order valence-electron chi connectivity index (χ3n) is 4.41. The van der Waals surface area contributed by atoms with Crippen molar-refractivity contribution >= 4 is 40.3 Å². The number of para-hydroxylation sites is 2. The molecule has 0 unspecified atom stereocenters. The fourth-order valence-electron chi connectivity index (χ4n) is 2.89. The Kier molecular flexibility index (Phi) is 6.12. The Bertz CT molecular complexity index is 1110. The number of carbonyl (C=O) groups is 1. The lowest BCUT2D eigenvalue weighted by Crippen LogP contribution is -2.23. The van der Waals surface area contributed by atoms with E-state index in [1.165, 1.54) is 0 Å². The highest BCUT2D eigenvalue weighted by molar-refractivity contribution is 7.99. The molecule has 0 bridgehead atoms. The summed E-state index contributed by atoms with van der Waals surface area (Å²) >= 11 is 7.52. The number of rotatable bonds is 7. The molecule has 4 aromatic rings. The first-order chi connectivity index (χ1) is 14.2. The minimum absolute atomic E-state index is 0.0242. The molecule has 7 heteroatoms. The Labute approximate surface area is 178 Å². The molecule has 0 aliphatic heterocycles. The number of nitrogens with one attached hydrogen (secondary N) is 1. The summed E-state index contributed by atoms with van der Waals surface area (Å²) in [4.78, 5) is 22.1. The van der Waals surface area contributed by atoms with Crippen molar-refractivity contribution in [3.63, 3.8) is 0 Å². The highest BCUT2D eigenvalue weighted by atomic mass is 35.5. The molecule has 0 radical (unpaired) electrons. The van der Waals surface area contributed by atoms with Gasteiger partial charge in [-0.3, -0.25) is 9.36 Å². The van der Waals surface area contributed by atoms with Crippen LogP contribution in [0.2, 0.25) is 5.02 Å². The molecule has 0 saturated heterocycles. The zero-order valence-corrected chi connectivity index (χ0v) is 17.2. The van der Waals surface area contributed by atoms with Crippen LogP contribution in [-0.2, 0) is 11.3 Å². The van der Waals surface area contributed by atoms with Gasteiger partial charge in [0.15, 0.2) is 0 Å². The molecule has 2 heterocycles. The van der Waals surface area contributed by atoms with Crippen molar-refractivity contribution in [2.45, 2.75) is 17.9 Å². The molecule has 1 N–H and O–H groups in total. The predicted octanol–water partition coefficient (Wildman–Crippen LogP) is 4.87. The van der Waals surface area contributed by atoms with Gasteiger partial charge in [-0.15, -0.1) is 11.8 Å². The lowest BCUT2D eigenvalue weighted by Gasteiger charge is -2.07. The molecule has 5 nitrogen and oxygen atoms in total. The average Bonchev–Trinajstić information content (AvgIpc) is 3.18. The summed E-state index contributed by atoms with van der Waals surface area (Å²) in [6, 6.07) is 19.5. The monoisotopic (exact) mass is 422 g/mol. The number of imidazole rings is 1. The summed E-state index contributed by atoms with van der Waals surface area (Å²) in [5.74, 6) is 1.54. The molecule has 2 aromatic heterocycles. The molecule has 0 saturated carbocycles. The average molecular weight is 423 g/mol. The van der Waals surface area contributed by atoms with Gasteiger partial charge in [-0.05, 0) is 48.0 Å². The van der Waals surface area contributed by atoms with E-state index >= 15 is 0 Å². The number of hydrogen-bond acceptors (Lipinski definition) is 4. The maximum absolute atomic E-state index is 12.1. The zero-order chi connectivity index (χ0) is 20.1. The summed E-state index contributed by atoms with van der Waals surface area (Å²) in [5.41, 5.74) is 2.90. The highest BCUT2D eigenvalue weighted by Crippen LogP contribution is 2.21. The Morgan fingerprint density at radius 2 is 1.86 bits per heavy atom. The van der Waals surface area contributed by atoms with E-state index in [2.05, 4.69) is 15.3 Å². The third kappa shape index (κ3) is 4.96. The molecule has 146 valence electrons. The number of thioether (sulfide) groups is 1. The van der Waals surface area contributed by atoms with E-state index < -0.39 is 0 Å². The zero-order valence-electron chi connectivity index (χ0n) is 15.6. The Morgan fingerprint density at radius 1 is 1.03 bits per heavy atom. The second-order valence-corrected chi connectivity index (χ2v) is 8.06. The third-order valence-corrected chi connectivity index (χ3v) is 5.68. The summed E-state index contributed by atoms with van der Waals surface area (Å²) in [5, 5.41) is 3.66. The maximum Gasteiger partial charge on any atom is 0.221 e. The molecular weight excluding hydrogens is 404 g/mol. The minimum atomic E-state index is 0.0242. The molecule has 29 heavy (non-hydrogen) atoms. The van der Waals surface area contributed by atoms with Crippen molar-refractivity contribution in [1.29, 1.82) is 0 Å². The molecule has 1 amide bonds. The van der Waals surface area contributed by atoms with Crippen molar-refractivity contribution in [3.8, 4) is 5.82 Å². The van der Waals surface area contributed by atoms with Gasteiger partial charge in [-0.25, -0.2) is 9.97 Å². The lowest BCUT2D eigenvalue weighted by molar-refractivity contribution is -0.120. The van der Waals surface area contributed by atoms with E-state index in [0.29, 0.717) is 18.0 Å². The van der Waals surface area contributed by atoms with Crippen molar-refractivity contribution < 1.29 is 4.79 Å². The fourth-order valence-corrected chi connectivity index (χ4v) is 3.86. The first kappa shape index (κ1) is 19.5. The van der Waals surface area contributed by atoms with E-state index in [1.54, 1.807) is 24.3 Å². The van der Waals surface area contributed by atoms with E-state index in [0.717, 1.165) is 33.1 Å². The van der Waals surface area contributed by atoms with Crippen LogP contribution in [0.15, 0.2) is 78.1 Å². The second-order valence-electron chi connectivity index (χ2n) is 6.46. The van der Waals surface area contributed by atoms with Gasteiger partial charge in [0.05, 0.1) is 11.0 Å². The number of halogens is 1. The van der Waals surface area contributed by atoms with E-state index in [1.807, 2.05) is 65.2 Å². The van der Waals surface area contributed by atoms with Gasteiger partial charge >= 0.3 is 0 Å². The number of amides is 1. The van der Waals surface area contributed by atoms with Gasteiger partial charge in [-0.1, -0.05) is 29.8 Å². The second kappa shape index (κ2) is 9.11. The van der Waals surface area contributed by atoms with Gasteiger partial charge in [0.1, 0.15) is 12.1 Å². The first-order valence-corrected chi connectivity index (χ1v) is 10.6. The Balaban J connectivity index is 1.27. The summed E-state index contributed by atoms with van der Waals surface area (Å²) in [6.45, 7) is 0.461. The molecule has 0 aliphatic rings. The van der Waals surface area contributed by atoms with Crippen LogP contribution in [0.4, 0.5) is 0 Å².